The van der Waals surface area contributed by atoms with Gasteiger partial charge < -0.3 is 10.2 Å². The zero-order valence-electron chi connectivity index (χ0n) is 26.8. The second-order valence-electron chi connectivity index (χ2n) is 11.8. The average Bonchev–Trinajstić information content (AvgIpc) is 3.03. The summed E-state index contributed by atoms with van der Waals surface area (Å²) < 4.78 is 0. The first-order valence-electron chi connectivity index (χ1n) is 16.3. The Morgan fingerprint density at radius 1 is 0.780 bits per heavy atom. The molecule has 1 aliphatic heterocycles. The lowest BCUT2D eigenvalue weighted by atomic mass is 9.89. The highest BCUT2D eigenvalue weighted by atomic mass is 15.1. The molecule has 2 heteroatoms. The van der Waals surface area contributed by atoms with Crippen LogP contribution < -0.4 is 10.2 Å². The van der Waals surface area contributed by atoms with Crippen molar-refractivity contribution in [2.75, 3.05) is 25.0 Å². The molecular weight excluding hydrogens is 496 g/mol. The number of rotatable bonds is 13. The maximum Gasteiger partial charge on any atom is 0.0437 e. The van der Waals surface area contributed by atoms with Crippen molar-refractivity contribution in [1.29, 1.82) is 0 Å². The number of unbranched alkanes of at least 4 members (excludes halogenated alkanes) is 3. The average molecular weight is 553 g/mol. The first-order chi connectivity index (χ1) is 20.0. The second kappa shape index (κ2) is 17.9. The summed E-state index contributed by atoms with van der Waals surface area (Å²) in [5.41, 5.74) is 11.3. The largest absolute Gasteiger partial charge is 0.349 e. The Labute approximate surface area is 252 Å². The smallest absolute Gasteiger partial charge is 0.0437 e. The number of hydrogen-bond acceptors (Lipinski definition) is 2. The predicted molar refractivity (Wildman–Crippen MR) is 181 cm³/mol. The van der Waals surface area contributed by atoms with E-state index in [0.717, 1.165) is 30.9 Å². The third-order valence-electron chi connectivity index (χ3n) is 8.88. The molecule has 0 atom stereocenters. The lowest BCUT2D eigenvalue weighted by Crippen LogP contribution is -2.26. The zero-order valence-corrected chi connectivity index (χ0v) is 26.8. The molecule has 41 heavy (non-hydrogen) atoms. The lowest BCUT2D eigenvalue weighted by Gasteiger charge is -2.23. The van der Waals surface area contributed by atoms with Crippen molar-refractivity contribution in [3.8, 4) is 0 Å². The molecular formula is C39H56N2. The van der Waals surface area contributed by atoms with Crippen LogP contribution in [0.1, 0.15) is 105 Å². The van der Waals surface area contributed by atoms with E-state index in [1.54, 1.807) is 11.1 Å². The van der Waals surface area contributed by atoms with Gasteiger partial charge in [0.05, 0.1) is 0 Å². The summed E-state index contributed by atoms with van der Waals surface area (Å²) in [6, 6.07) is 25.1. The number of anilines is 1. The van der Waals surface area contributed by atoms with E-state index < -0.39 is 0 Å². The normalized spacial score (nSPS) is 13.4. The van der Waals surface area contributed by atoms with E-state index >= 15 is 0 Å². The van der Waals surface area contributed by atoms with Crippen LogP contribution in [0.5, 0.6) is 0 Å². The van der Waals surface area contributed by atoms with E-state index in [4.69, 9.17) is 0 Å². The van der Waals surface area contributed by atoms with Gasteiger partial charge in [-0.25, -0.2) is 0 Å². The van der Waals surface area contributed by atoms with Crippen molar-refractivity contribution < 1.29 is 0 Å². The zero-order chi connectivity index (χ0) is 29.5. The topological polar surface area (TPSA) is 15.3 Å². The van der Waals surface area contributed by atoms with E-state index in [-0.39, 0.29) is 0 Å². The molecule has 0 aliphatic carbocycles. The molecule has 1 fully saturated rings. The van der Waals surface area contributed by atoms with Gasteiger partial charge in [-0.2, -0.15) is 0 Å². The Kier molecular flexibility index (Phi) is 14.2. The standard InChI is InChI=1S/C25H35N.C14H21N/c1-2-22-10-7-8-12-23(22)11-6-4-3-5-9-21-13-15-24(16-14-21)25-17-19-26-20-18-25;1-6-12(4)15(5)14-10-13(7-2)9-8-11(14)3/h7-8,10,12-16,25-26H,2-6,9,11,17-20H2,1H3;8-10H,4,6-7H2,1-3,5H3. The van der Waals surface area contributed by atoms with Crippen LogP contribution in [-0.2, 0) is 25.7 Å². The highest BCUT2D eigenvalue weighted by Crippen LogP contribution is 2.26. The van der Waals surface area contributed by atoms with E-state index in [0.29, 0.717) is 0 Å². The van der Waals surface area contributed by atoms with Gasteiger partial charge in [0.15, 0.2) is 0 Å². The maximum atomic E-state index is 4.07. The quantitative estimate of drug-likeness (QED) is 0.212. The molecule has 1 saturated heterocycles. The van der Waals surface area contributed by atoms with Crippen LogP contribution in [0.25, 0.3) is 0 Å². The predicted octanol–water partition coefficient (Wildman–Crippen LogP) is 9.98. The summed E-state index contributed by atoms with van der Waals surface area (Å²) in [5.74, 6) is 0.774. The van der Waals surface area contributed by atoms with Gasteiger partial charge in [0, 0.05) is 18.4 Å². The number of allylic oxidation sites excluding steroid dienone is 1. The minimum atomic E-state index is 0.774. The fraction of sp³-hybridized carbons (Fsp3) is 0.487. The Bertz CT molecular complexity index is 1170. The summed E-state index contributed by atoms with van der Waals surface area (Å²) in [5, 5.41) is 3.46. The van der Waals surface area contributed by atoms with Gasteiger partial charge in [-0.1, -0.05) is 101 Å². The molecule has 0 spiro atoms. The van der Waals surface area contributed by atoms with E-state index in [2.05, 4.69) is 118 Å². The second-order valence-corrected chi connectivity index (χ2v) is 11.8. The van der Waals surface area contributed by atoms with Crippen LogP contribution >= 0.6 is 0 Å². The van der Waals surface area contributed by atoms with Gasteiger partial charge in [0.1, 0.15) is 0 Å². The minimum Gasteiger partial charge on any atom is -0.349 e. The SMILES string of the molecule is C=C(CC)N(C)c1cc(CC)ccc1C.CCc1ccccc1CCCCCCc1ccc(C2CCNCC2)cc1. The van der Waals surface area contributed by atoms with Crippen LogP contribution in [0.2, 0.25) is 0 Å². The van der Waals surface area contributed by atoms with Crippen LogP contribution in [-0.4, -0.2) is 20.1 Å². The van der Waals surface area contributed by atoms with Gasteiger partial charge in [0.2, 0.25) is 0 Å². The number of piperidine rings is 1. The van der Waals surface area contributed by atoms with Crippen molar-refractivity contribution in [2.24, 2.45) is 0 Å². The molecule has 0 saturated carbocycles. The first kappa shape index (κ1) is 32.7. The number of aryl methyl sites for hydroxylation is 5. The van der Waals surface area contributed by atoms with Crippen molar-refractivity contribution in [1.82, 2.24) is 5.32 Å². The van der Waals surface area contributed by atoms with Crippen molar-refractivity contribution >= 4 is 5.69 Å². The molecule has 0 amide bonds. The lowest BCUT2D eigenvalue weighted by molar-refractivity contribution is 0.460. The van der Waals surface area contributed by atoms with Gasteiger partial charge in [-0.3, -0.25) is 0 Å². The Balaban J connectivity index is 0.000000263. The van der Waals surface area contributed by atoms with Crippen LogP contribution in [0.15, 0.2) is 79.0 Å². The Morgan fingerprint density at radius 3 is 2.05 bits per heavy atom. The highest BCUT2D eigenvalue weighted by Gasteiger charge is 2.14. The molecule has 1 aliphatic rings. The number of nitrogens with one attached hydrogen (secondary N) is 1. The number of hydrogen-bond donors (Lipinski definition) is 1. The molecule has 222 valence electrons. The minimum absolute atomic E-state index is 0.774. The van der Waals surface area contributed by atoms with E-state index in [1.165, 1.54) is 92.4 Å². The molecule has 3 aromatic carbocycles. The Morgan fingerprint density at radius 2 is 1.41 bits per heavy atom. The molecule has 1 heterocycles. The molecule has 0 unspecified atom stereocenters. The van der Waals surface area contributed by atoms with Gasteiger partial charge in [0.25, 0.3) is 0 Å². The van der Waals surface area contributed by atoms with Gasteiger partial charge in [-0.05, 0) is 123 Å². The molecule has 1 N–H and O–H groups in total. The van der Waals surface area contributed by atoms with Crippen LogP contribution in [0, 0.1) is 6.92 Å². The molecule has 0 bridgehead atoms. The third kappa shape index (κ3) is 10.5. The fourth-order valence-corrected chi connectivity index (χ4v) is 5.90. The van der Waals surface area contributed by atoms with E-state index in [9.17, 15) is 0 Å². The molecule has 4 rings (SSSR count). The highest BCUT2D eigenvalue weighted by molar-refractivity contribution is 5.58. The van der Waals surface area contributed by atoms with Gasteiger partial charge in [-0.15, -0.1) is 0 Å². The van der Waals surface area contributed by atoms with Crippen molar-refractivity contribution in [3.63, 3.8) is 0 Å². The van der Waals surface area contributed by atoms with Gasteiger partial charge >= 0.3 is 0 Å². The maximum absolute atomic E-state index is 4.07. The summed E-state index contributed by atoms with van der Waals surface area (Å²) in [7, 11) is 2.09. The van der Waals surface area contributed by atoms with Crippen LogP contribution in [0.3, 0.4) is 0 Å². The molecule has 0 aromatic heterocycles. The first-order valence-corrected chi connectivity index (χ1v) is 16.3. The Hall–Kier alpha value is -2.84. The third-order valence-corrected chi connectivity index (χ3v) is 8.88. The monoisotopic (exact) mass is 552 g/mol. The number of benzene rings is 3. The summed E-state index contributed by atoms with van der Waals surface area (Å²) in [4.78, 5) is 2.19. The molecule has 3 aromatic rings. The summed E-state index contributed by atoms with van der Waals surface area (Å²) >= 11 is 0. The van der Waals surface area contributed by atoms with E-state index in [1.807, 2.05) is 0 Å². The van der Waals surface area contributed by atoms with Crippen molar-refractivity contribution in [3.05, 3.63) is 112 Å². The fourth-order valence-electron chi connectivity index (χ4n) is 5.90. The molecule has 2 nitrogen and oxygen atoms in total. The summed E-state index contributed by atoms with van der Waals surface area (Å²) in [6.07, 6.45) is 13.6. The van der Waals surface area contributed by atoms with Crippen molar-refractivity contribution in [2.45, 2.75) is 104 Å². The number of nitrogens with zero attached hydrogens (tertiary/aromatic N) is 1. The molecule has 0 radical (unpaired) electrons. The summed E-state index contributed by atoms with van der Waals surface area (Å²) in [6.45, 7) is 15.2. The van der Waals surface area contributed by atoms with Crippen LogP contribution in [0.4, 0.5) is 5.69 Å².